The number of amides is 1. The predicted octanol–water partition coefficient (Wildman–Crippen LogP) is 4.07. The molecule has 32 heavy (non-hydrogen) atoms. The average Bonchev–Trinajstić information content (AvgIpc) is 3.22. The Labute approximate surface area is 186 Å². The van der Waals surface area contributed by atoms with E-state index in [9.17, 15) is 4.79 Å². The molecule has 1 aliphatic rings. The van der Waals surface area contributed by atoms with Gasteiger partial charge in [0.05, 0.1) is 23.6 Å². The molecule has 0 fully saturated rings. The van der Waals surface area contributed by atoms with E-state index in [1.807, 2.05) is 42.9 Å². The highest BCUT2D eigenvalue weighted by atomic mass is 16.2. The SMILES string of the molecule is CNc1cc2ncc(-c3cc(NC(=O)c4cnc5n4C[C@@H](C)CC5)cnc3C)cc2cn1. The first kappa shape index (κ1) is 20.1. The minimum absolute atomic E-state index is 0.171. The Hall–Kier alpha value is -3.81. The van der Waals surface area contributed by atoms with Crippen LogP contribution in [0.3, 0.4) is 0 Å². The number of aromatic nitrogens is 5. The van der Waals surface area contributed by atoms with Crippen LogP contribution < -0.4 is 10.6 Å². The van der Waals surface area contributed by atoms with E-state index >= 15 is 0 Å². The first-order chi connectivity index (χ1) is 15.5. The number of hydrogen-bond donors (Lipinski definition) is 2. The molecule has 8 nitrogen and oxygen atoms in total. The molecule has 0 saturated heterocycles. The smallest absolute Gasteiger partial charge is 0.273 e. The molecular weight excluding hydrogens is 402 g/mol. The molecule has 2 N–H and O–H groups in total. The lowest BCUT2D eigenvalue weighted by atomic mass is 10.0. The van der Waals surface area contributed by atoms with Gasteiger partial charge in [0.1, 0.15) is 17.3 Å². The fraction of sp³-hybridized carbons (Fsp3) is 0.292. The normalized spacial score (nSPS) is 15.4. The van der Waals surface area contributed by atoms with E-state index in [1.54, 1.807) is 18.6 Å². The molecule has 0 unspecified atom stereocenters. The average molecular weight is 428 g/mol. The second-order valence-corrected chi connectivity index (χ2v) is 8.36. The van der Waals surface area contributed by atoms with Crippen molar-refractivity contribution in [1.29, 1.82) is 0 Å². The number of anilines is 2. The molecule has 0 bridgehead atoms. The number of hydrogen-bond acceptors (Lipinski definition) is 6. The van der Waals surface area contributed by atoms with E-state index in [-0.39, 0.29) is 5.91 Å². The number of nitrogens with zero attached hydrogens (tertiary/aromatic N) is 5. The summed E-state index contributed by atoms with van der Waals surface area (Å²) >= 11 is 0. The molecule has 0 saturated carbocycles. The van der Waals surface area contributed by atoms with Crippen molar-refractivity contribution >= 4 is 28.3 Å². The first-order valence-electron chi connectivity index (χ1n) is 10.8. The third-order valence-corrected chi connectivity index (χ3v) is 6.00. The van der Waals surface area contributed by atoms with Crippen LogP contribution in [0.15, 0.2) is 43.0 Å². The Morgan fingerprint density at radius 1 is 1.06 bits per heavy atom. The van der Waals surface area contributed by atoms with Gasteiger partial charge in [-0.3, -0.25) is 14.8 Å². The van der Waals surface area contributed by atoms with Crippen LogP contribution in [0.25, 0.3) is 22.0 Å². The minimum Gasteiger partial charge on any atom is -0.373 e. The highest BCUT2D eigenvalue weighted by Crippen LogP contribution is 2.28. The van der Waals surface area contributed by atoms with Crippen LogP contribution in [-0.4, -0.2) is 37.5 Å². The second kappa shape index (κ2) is 8.03. The second-order valence-electron chi connectivity index (χ2n) is 8.36. The molecule has 0 radical (unpaired) electrons. The van der Waals surface area contributed by atoms with E-state index in [1.165, 1.54) is 0 Å². The summed E-state index contributed by atoms with van der Waals surface area (Å²) in [6.07, 6.45) is 8.99. The lowest BCUT2D eigenvalue weighted by Crippen LogP contribution is -2.24. The highest BCUT2D eigenvalue weighted by Gasteiger charge is 2.22. The van der Waals surface area contributed by atoms with Gasteiger partial charge in [-0.15, -0.1) is 0 Å². The fourth-order valence-corrected chi connectivity index (χ4v) is 4.17. The summed E-state index contributed by atoms with van der Waals surface area (Å²) in [5.41, 5.74) is 4.79. The standard InChI is InChI=1S/C24H25N7O/c1-14-4-5-23-29-12-21(31(23)13-14)24(32)30-18-7-19(15(2)26-11-18)16-6-17-10-28-22(25-3)8-20(17)27-9-16/h6-12,14H,4-5,13H2,1-3H3,(H,25,28)(H,30,32)/t14-/m0/s1. The molecule has 162 valence electrons. The fourth-order valence-electron chi connectivity index (χ4n) is 4.17. The van der Waals surface area contributed by atoms with Crippen LogP contribution in [0.4, 0.5) is 11.5 Å². The summed E-state index contributed by atoms with van der Waals surface area (Å²) < 4.78 is 2.03. The van der Waals surface area contributed by atoms with Gasteiger partial charge in [-0.1, -0.05) is 6.92 Å². The maximum Gasteiger partial charge on any atom is 0.273 e. The van der Waals surface area contributed by atoms with Crippen molar-refractivity contribution in [2.45, 2.75) is 33.2 Å². The third-order valence-electron chi connectivity index (χ3n) is 6.00. The summed E-state index contributed by atoms with van der Waals surface area (Å²) in [7, 11) is 1.83. The zero-order valence-electron chi connectivity index (χ0n) is 18.4. The monoisotopic (exact) mass is 427 g/mol. The zero-order chi connectivity index (χ0) is 22.2. The molecule has 1 amide bonds. The molecule has 8 heteroatoms. The Balaban J connectivity index is 1.44. The topological polar surface area (TPSA) is 97.6 Å². The van der Waals surface area contributed by atoms with Gasteiger partial charge in [-0.2, -0.15) is 0 Å². The van der Waals surface area contributed by atoms with Gasteiger partial charge in [0.25, 0.3) is 5.91 Å². The highest BCUT2D eigenvalue weighted by molar-refractivity contribution is 6.03. The third kappa shape index (κ3) is 3.68. The van der Waals surface area contributed by atoms with Crippen molar-refractivity contribution < 1.29 is 4.79 Å². The van der Waals surface area contributed by atoms with Crippen molar-refractivity contribution in [2.75, 3.05) is 17.7 Å². The summed E-state index contributed by atoms with van der Waals surface area (Å²) in [4.78, 5) is 30.9. The van der Waals surface area contributed by atoms with E-state index in [4.69, 9.17) is 0 Å². The van der Waals surface area contributed by atoms with Crippen molar-refractivity contribution in [3.63, 3.8) is 0 Å². The van der Waals surface area contributed by atoms with Gasteiger partial charge in [0.15, 0.2) is 0 Å². The Kier molecular flexibility index (Phi) is 5.05. The molecule has 0 aromatic carbocycles. The lowest BCUT2D eigenvalue weighted by Gasteiger charge is -2.21. The predicted molar refractivity (Wildman–Crippen MR) is 125 cm³/mol. The molecule has 5 rings (SSSR count). The van der Waals surface area contributed by atoms with Gasteiger partial charge in [-0.25, -0.2) is 9.97 Å². The van der Waals surface area contributed by atoms with Gasteiger partial charge >= 0.3 is 0 Å². The van der Waals surface area contributed by atoms with E-state index < -0.39 is 0 Å². The maximum atomic E-state index is 13.0. The number of fused-ring (bicyclic) bond motifs is 2. The Morgan fingerprint density at radius 3 is 2.78 bits per heavy atom. The number of carbonyl (C=O) groups excluding carboxylic acids is 1. The summed E-state index contributed by atoms with van der Waals surface area (Å²) in [6.45, 7) is 4.97. The first-order valence-corrected chi connectivity index (χ1v) is 10.8. The van der Waals surface area contributed by atoms with E-state index in [0.717, 1.165) is 58.8 Å². The number of pyridine rings is 3. The number of aryl methyl sites for hydroxylation is 2. The summed E-state index contributed by atoms with van der Waals surface area (Å²) in [5, 5.41) is 6.96. The van der Waals surface area contributed by atoms with Crippen LogP contribution in [0, 0.1) is 12.8 Å². The number of rotatable bonds is 4. The molecule has 0 aliphatic carbocycles. The number of imidazole rings is 1. The van der Waals surface area contributed by atoms with E-state index in [0.29, 0.717) is 17.3 Å². The quantitative estimate of drug-likeness (QED) is 0.509. The van der Waals surface area contributed by atoms with Crippen LogP contribution in [0.5, 0.6) is 0 Å². The van der Waals surface area contributed by atoms with Crippen LogP contribution in [0.2, 0.25) is 0 Å². The minimum atomic E-state index is -0.171. The van der Waals surface area contributed by atoms with Gasteiger partial charge in [-0.05, 0) is 31.4 Å². The van der Waals surface area contributed by atoms with Gasteiger partial charge < -0.3 is 15.2 Å². The van der Waals surface area contributed by atoms with Crippen molar-refractivity contribution in [3.05, 3.63) is 60.2 Å². The Bertz CT molecular complexity index is 1330. The molecule has 1 aliphatic heterocycles. The molecule has 0 spiro atoms. The molecule has 5 heterocycles. The van der Waals surface area contributed by atoms with Gasteiger partial charge in [0, 0.05) is 60.7 Å². The zero-order valence-corrected chi connectivity index (χ0v) is 18.4. The summed E-state index contributed by atoms with van der Waals surface area (Å²) in [5.74, 6) is 2.12. The lowest BCUT2D eigenvalue weighted by molar-refractivity contribution is 0.101. The van der Waals surface area contributed by atoms with Crippen molar-refractivity contribution in [3.8, 4) is 11.1 Å². The number of carbonyl (C=O) groups is 1. The van der Waals surface area contributed by atoms with E-state index in [2.05, 4.69) is 37.5 Å². The molecule has 1 atom stereocenters. The maximum absolute atomic E-state index is 13.0. The van der Waals surface area contributed by atoms with Crippen molar-refractivity contribution in [1.82, 2.24) is 24.5 Å². The van der Waals surface area contributed by atoms with Crippen molar-refractivity contribution in [2.24, 2.45) is 5.92 Å². The van der Waals surface area contributed by atoms with Gasteiger partial charge in [0.2, 0.25) is 0 Å². The molecular formula is C24H25N7O. The largest absolute Gasteiger partial charge is 0.373 e. The number of nitrogens with one attached hydrogen (secondary N) is 2. The van der Waals surface area contributed by atoms with Crippen LogP contribution in [0.1, 0.15) is 35.4 Å². The Morgan fingerprint density at radius 2 is 1.94 bits per heavy atom. The summed E-state index contributed by atoms with van der Waals surface area (Å²) in [6, 6.07) is 5.89. The molecule has 4 aromatic rings. The molecule has 4 aromatic heterocycles. The van der Waals surface area contributed by atoms with Crippen LogP contribution >= 0.6 is 0 Å². The van der Waals surface area contributed by atoms with Crippen LogP contribution in [-0.2, 0) is 13.0 Å².